The summed E-state index contributed by atoms with van der Waals surface area (Å²) >= 11 is 0. The number of nitrogens with one attached hydrogen (secondary N) is 2. The molecule has 6 rings (SSSR count). The molecule has 0 aliphatic heterocycles. The summed E-state index contributed by atoms with van der Waals surface area (Å²) in [4.78, 5) is 32.1. The lowest BCUT2D eigenvalue weighted by Gasteiger charge is -2.33. The number of hydrogen-bond donors (Lipinski definition) is 4. The van der Waals surface area contributed by atoms with Crippen LogP contribution in [-0.2, 0) is 53.3 Å². The van der Waals surface area contributed by atoms with Gasteiger partial charge in [-0.3, -0.25) is 9.59 Å². The molecule has 4 aromatic rings. The number of aromatic nitrogens is 2. The van der Waals surface area contributed by atoms with Gasteiger partial charge in [0, 0.05) is 34.9 Å². The molecule has 0 atom stereocenters. The molecule has 0 spiro atoms. The first kappa shape index (κ1) is 53.5. The lowest BCUT2D eigenvalue weighted by molar-refractivity contribution is -0.377. The van der Waals surface area contributed by atoms with E-state index in [1.807, 2.05) is 0 Å². The van der Waals surface area contributed by atoms with Gasteiger partial charge in [0.15, 0.2) is 29.7 Å². The van der Waals surface area contributed by atoms with Gasteiger partial charge in [-0.1, -0.05) is 24.3 Å². The van der Waals surface area contributed by atoms with Crippen LogP contribution >= 0.6 is 0 Å². The van der Waals surface area contributed by atoms with Gasteiger partial charge in [0.2, 0.25) is 11.8 Å². The summed E-state index contributed by atoms with van der Waals surface area (Å²) < 4.78 is 219. The molecule has 0 saturated heterocycles. The van der Waals surface area contributed by atoms with Crippen LogP contribution in [0, 0.1) is 24.6 Å². The highest BCUT2D eigenvalue weighted by atomic mass is 32.2. The van der Waals surface area contributed by atoms with Crippen molar-refractivity contribution in [1.29, 1.82) is 0 Å². The normalized spacial score (nSPS) is 15.3. The van der Waals surface area contributed by atoms with Gasteiger partial charge >= 0.3 is 24.7 Å². The molecule has 68 heavy (non-hydrogen) atoms. The smallest absolute Gasteiger partial charge is 0.369 e. The number of aryl methyl sites for hydroxylation is 1. The van der Waals surface area contributed by atoms with Crippen molar-refractivity contribution < 1.29 is 93.7 Å². The lowest BCUT2D eigenvalue weighted by atomic mass is 9.88. The number of carbonyl (C=O) groups excluding carboxylic acids is 2. The highest BCUT2D eigenvalue weighted by molar-refractivity contribution is 7.91. The second-order valence-electron chi connectivity index (χ2n) is 16.0. The minimum atomic E-state index is -6.26. The second-order valence-corrected chi connectivity index (χ2v) is 20.0. The Hall–Kier alpha value is -5.41. The zero-order valence-electron chi connectivity index (χ0n) is 34.7. The van der Waals surface area contributed by atoms with Gasteiger partial charge < -0.3 is 20.8 Å². The molecule has 27 heteroatoms. The van der Waals surface area contributed by atoms with Crippen LogP contribution in [0.4, 0.5) is 68.5 Å². The average Bonchev–Trinajstić information content (AvgIpc) is 4.15. The van der Waals surface area contributed by atoms with E-state index in [1.54, 1.807) is 0 Å². The fourth-order valence-electron chi connectivity index (χ4n) is 6.51. The Labute approximate surface area is 377 Å². The maximum atomic E-state index is 14.2. The monoisotopic (exact) mass is 1020 g/mol. The maximum Gasteiger partial charge on any atom is 0.430 e. The Balaban J connectivity index is 0.000000254. The van der Waals surface area contributed by atoms with E-state index in [0.29, 0.717) is 17.7 Å². The first-order valence-corrected chi connectivity index (χ1v) is 23.0. The predicted molar refractivity (Wildman–Crippen MR) is 212 cm³/mol. The first-order valence-electron chi connectivity index (χ1n) is 19.7. The van der Waals surface area contributed by atoms with Gasteiger partial charge in [0.05, 0.1) is 24.3 Å². The molecule has 2 heterocycles. The quantitative estimate of drug-likeness (QED) is 0.0901. The summed E-state index contributed by atoms with van der Waals surface area (Å²) in [6, 6.07) is 8.20. The zero-order valence-corrected chi connectivity index (χ0v) is 36.3. The van der Waals surface area contributed by atoms with Crippen LogP contribution in [0.15, 0.2) is 83.1 Å². The largest absolute Gasteiger partial charge is 0.430 e. The Morgan fingerprint density at radius 3 is 1.24 bits per heavy atom. The first-order chi connectivity index (χ1) is 31.1. The van der Waals surface area contributed by atoms with Crippen molar-refractivity contribution in [1.82, 2.24) is 9.97 Å². The number of carbonyl (C=O) groups is 2. The molecule has 2 saturated carbocycles. The third-order valence-corrected chi connectivity index (χ3v) is 14.0. The number of halogens is 13. The van der Waals surface area contributed by atoms with Crippen LogP contribution in [0.5, 0.6) is 0 Å². The van der Waals surface area contributed by atoms with Crippen LogP contribution in [0.25, 0.3) is 0 Å². The van der Waals surface area contributed by atoms with Crippen molar-refractivity contribution in [2.24, 2.45) is 11.8 Å². The molecule has 2 aromatic heterocycles. The third-order valence-electron chi connectivity index (χ3n) is 10.4. The third kappa shape index (κ3) is 12.2. The number of rotatable bonds is 14. The van der Waals surface area contributed by atoms with Gasteiger partial charge in [-0.2, -0.15) is 52.7 Å². The van der Waals surface area contributed by atoms with Gasteiger partial charge in [-0.05, 0) is 97.5 Å². The Bertz CT molecular complexity index is 2510. The molecular formula is C41H37F13N4O8S2. The van der Waals surface area contributed by atoms with E-state index in [1.165, 1.54) is 30.5 Å². The summed E-state index contributed by atoms with van der Waals surface area (Å²) in [5.74, 6) is -3.31. The number of amides is 2. The van der Waals surface area contributed by atoms with E-state index < -0.39 is 102 Å². The number of hydrogen-bond acceptors (Lipinski definition) is 10. The van der Waals surface area contributed by atoms with E-state index >= 15 is 0 Å². The van der Waals surface area contributed by atoms with E-state index in [0.717, 1.165) is 50.9 Å². The van der Waals surface area contributed by atoms with E-state index in [2.05, 4.69) is 20.6 Å². The Kier molecular flexibility index (Phi) is 15.1. The molecule has 0 bridgehead atoms. The summed E-state index contributed by atoms with van der Waals surface area (Å²) in [7, 11) is -7.09. The molecule has 4 N–H and O–H groups in total. The van der Waals surface area contributed by atoms with Crippen molar-refractivity contribution in [2.75, 3.05) is 22.1 Å². The Morgan fingerprint density at radius 2 is 0.926 bits per heavy atom. The predicted octanol–water partition coefficient (Wildman–Crippen LogP) is 7.96. The molecule has 2 aliphatic carbocycles. The van der Waals surface area contributed by atoms with Crippen molar-refractivity contribution >= 4 is 42.9 Å². The van der Waals surface area contributed by atoms with Crippen molar-refractivity contribution in [3.63, 3.8) is 0 Å². The number of aliphatic hydroxyl groups is 2. The highest BCUT2D eigenvalue weighted by Gasteiger charge is 2.73. The van der Waals surface area contributed by atoms with E-state index in [9.17, 15) is 93.7 Å². The molecule has 372 valence electrons. The maximum absolute atomic E-state index is 14.2. The summed E-state index contributed by atoms with van der Waals surface area (Å²) in [6.45, 7) is 0.943. The molecular weight excluding hydrogens is 988 g/mol. The van der Waals surface area contributed by atoms with Gasteiger partial charge in [0.1, 0.15) is 5.82 Å². The van der Waals surface area contributed by atoms with Crippen molar-refractivity contribution in [3.8, 4) is 0 Å². The minimum absolute atomic E-state index is 0.00693. The van der Waals surface area contributed by atoms with Crippen LogP contribution in [0.2, 0.25) is 0 Å². The average molecular weight is 1020 g/mol. The minimum Gasteiger partial charge on any atom is -0.369 e. The topological polar surface area (TPSA) is 193 Å². The molecule has 0 unspecified atom stereocenters. The second kappa shape index (κ2) is 19.2. The molecule has 0 radical (unpaired) electrons. The highest BCUT2D eigenvalue weighted by Crippen LogP contribution is 2.52. The van der Waals surface area contributed by atoms with Crippen LogP contribution in [-0.4, -0.2) is 85.0 Å². The lowest BCUT2D eigenvalue weighted by Crippen LogP contribution is -2.54. The van der Waals surface area contributed by atoms with Crippen molar-refractivity contribution in [3.05, 3.63) is 107 Å². The number of benzene rings is 2. The molecule has 2 aliphatic rings. The molecule has 2 aromatic carbocycles. The standard InChI is InChI=1S/C21H20F6N2O4S.C20H17F7N2O4S/c1-12-8-15(5-6-16(12)19(31,20(22,23)24)21(25,26)27)29-17(30)9-14-4-7-18(28-10-14)34(32,33)11-13-2-3-13;21-15-8-13(4-5-14(15)18(31,19(22,23)24)20(25,26)27)29-16(30)7-12-3-6-17(28-9-12)34(32,33)10-11-1-2-11/h4-8,10,13,31H,2-3,9,11H2,1H3,(H,29,30);3-6,8-9,11,31H,1-2,7,10H2,(H,29,30). The number of sulfone groups is 2. The summed E-state index contributed by atoms with van der Waals surface area (Å²) in [6.07, 6.45) is -19.5. The Morgan fingerprint density at radius 1 is 0.574 bits per heavy atom. The summed E-state index contributed by atoms with van der Waals surface area (Å²) in [5, 5.41) is 23.0. The fourth-order valence-corrected chi connectivity index (χ4v) is 9.73. The number of pyridine rings is 2. The van der Waals surface area contributed by atoms with Crippen LogP contribution in [0.1, 0.15) is 53.5 Å². The summed E-state index contributed by atoms with van der Waals surface area (Å²) in [5.41, 5.74) is -14.5. The molecule has 12 nitrogen and oxygen atoms in total. The number of nitrogens with zero attached hydrogens (tertiary/aromatic N) is 2. The van der Waals surface area contributed by atoms with Crippen molar-refractivity contribution in [2.45, 2.75) is 91.4 Å². The molecule has 2 fully saturated rings. The van der Waals surface area contributed by atoms with Crippen LogP contribution < -0.4 is 10.6 Å². The van der Waals surface area contributed by atoms with Crippen LogP contribution in [0.3, 0.4) is 0 Å². The SMILES string of the molecule is Cc1cc(NC(=O)Cc2ccc(S(=O)(=O)CC3CC3)nc2)ccc1C(O)(C(F)(F)F)C(F)(F)F.O=C(Cc1ccc(S(=O)(=O)CC2CC2)nc1)Nc1ccc(C(O)(C(F)(F)F)C(F)(F)F)c(F)c1. The van der Waals surface area contributed by atoms with E-state index in [4.69, 9.17) is 0 Å². The van der Waals surface area contributed by atoms with Gasteiger partial charge in [0.25, 0.3) is 11.2 Å². The number of alkyl halides is 12. The van der Waals surface area contributed by atoms with Gasteiger partial charge in [-0.15, -0.1) is 0 Å². The number of anilines is 2. The molecule has 2 amide bonds. The van der Waals surface area contributed by atoms with Gasteiger partial charge in [-0.25, -0.2) is 31.2 Å². The zero-order chi connectivity index (χ0) is 51.1. The fraction of sp³-hybridized carbons (Fsp3) is 0.415. The van der Waals surface area contributed by atoms with E-state index in [-0.39, 0.29) is 63.2 Å².